The van der Waals surface area contributed by atoms with E-state index in [9.17, 15) is 13.6 Å². The van der Waals surface area contributed by atoms with E-state index >= 15 is 0 Å². The molecule has 3 atom stereocenters. The molecule has 3 unspecified atom stereocenters. The predicted molar refractivity (Wildman–Crippen MR) is 107 cm³/mol. The number of nitrogens with one attached hydrogen (secondary N) is 2. The first-order valence-electron chi connectivity index (χ1n) is 10.1. The van der Waals surface area contributed by atoms with E-state index in [-0.39, 0.29) is 23.9 Å². The van der Waals surface area contributed by atoms with Gasteiger partial charge in [-0.2, -0.15) is 8.78 Å². The van der Waals surface area contributed by atoms with E-state index in [0.717, 1.165) is 19.6 Å². The maximum absolute atomic E-state index is 12.6. The van der Waals surface area contributed by atoms with E-state index in [0.29, 0.717) is 38.0 Å². The Balaban J connectivity index is 1.46. The van der Waals surface area contributed by atoms with E-state index in [4.69, 9.17) is 4.74 Å². The van der Waals surface area contributed by atoms with Crippen LogP contribution in [-0.2, 0) is 4.74 Å². The number of carbonyl (C=O) groups is 1. The minimum Gasteiger partial charge on any atom is -0.433 e. The van der Waals surface area contributed by atoms with E-state index < -0.39 is 6.61 Å². The van der Waals surface area contributed by atoms with Crippen molar-refractivity contribution >= 4 is 11.7 Å². The number of morpholine rings is 1. The third-order valence-corrected chi connectivity index (χ3v) is 5.49. The van der Waals surface area contributed by atoms with Crippen LogP contribution < -0.4 is 20.3 Å². The van der Waals surface area contributed by atoms with Crippen LogP contribution in [0.1, 0.15) is 20.3 Å². The van der Waals surface area contributed by atoms with Crippen molar-refractivity contribution in [3.63, 3.8) is 0 Å². The molecule has 0 saturated carbocycles. The molecule has 0 aliphatic carbocycles. The van der Waals surface area contributed by atoms with Crippen LogP contribution in [0.4, 0.5) is 19.3 Å². The molecular formula is C20H30F2N4O3. The summed E-state index contributed by atoms with van der Waals surface area (Å²) in [5, 5.41) is 5.93. The van der Waals surface area contributed by atoms with Crippen molar-refractivity contribution in [2.45, 2.75) is 45.0 Å². The van der Waals surface area contributed by atoms with E-state index in [1.54, 1.807) is 18.2 Å². The highest BCUT2D eigenvalue weighted by molar-refractivity contribution is 5.74. The van der Waals surface area contributed by atoms with Crippen LogP contribution in [0.15, 0.2) is 24.3 Å². The Bertz CT molecular complexity index is 679. The summed E-state index contributed by atoms with van der Waals surface area (Å²) in [5.74, 6) is 0.154. The van der Waals surface area contributed by atoms with Crippen molar-refractivity contribution in [2.24, 2.45) is 0 Å². The van der Waals surface area contributed by atoms with Crippen molar-refractivity contribution in [2.75, 3.05) is 44.3 Å². The van der Waals surface area contributed by atoms with Gasteiger partial charge in [0.15, 0.2) is 0 Å². The number of rotatable bonds is 7. The van der Waals surface area contributed by atoms with E-state index in [1.807, 2.05) is 4.90 Å². The maximum atomic E-state index is 12.6. The maximum Gasteiger partial charge on any atom is 0.387 e. The first-order chi connectivity index (χ1) is 13.9. The van der Waals surface area contributed by atoms with Crippen LogP contribution in [0.5, 0.6) is 5.75 Å². The SMILES string of the molecule is CC(CNC(=O)NC1CCN(c2ccccc2OC(F)F)C1)N1CCOCC1C. The average molecular weight is 412 g/mol. The van der Waals surface area contributed by atoms with Crippen molar-refractivity contribution < 1.29 is 23.0 Å². The smallest absolute Gasteiger partial charge is 0.387 e. The Hall–Kier alpha value is -2.13. The highest BCUT2D eigenvalue weighted by Gasteiger charge is 2.27. The highest BCUT2D eigenvalue weighted by atomic mass is 19.3. The molecule has 0 radical (unpaired) electrons. The lowest BCUT2D eigenvalue weighted by Gasteiger charge is -2.37. The number of halogens is 2. The molecule has 2 N–H and O–H groups in total. The van der Waals surface area contributed by atoms with Gasteiger partial charge in [-0.3, -0.25) is 4.90 Å². The van der Waals surface area contributed by atoms with Gasteiger partial charge in [-0.05, 0) is 32.4 Å². The second-order valence-corrected chi connectivity index (χ2v) is 7.64. The number of para-hydroxylation sites is 2. The monoisotopic (exact) mass is 412 g/mol. The number of carbonyl (C=O) groups excluding carboxylic acids is 1. The lowest BCUT2D eigenvalue weighted by molar-refractivity contribution is -0.0495. The first kappa shape index (κ1) is 21.6. The van der Waals surface area contributed by atoms with Crippen molar-refractivity contribution in [3.05, 3.63) is 24.3 Å². The molecule has 1 aromatic carbocycles. The van der Waals surface area contributed by atoms with Crippen LogP contribution in [0.2, 0.25) is 0 Å². The molecule has 2 amide bonds. The fourth-order valence-electron chi connectivity index (χ4n) is 4.00. The number of nitrogens with zero attached hydrogens (tertiary/aromatic N) is 2. The first-order valence-corrected chi connectivity index (χ1v) is 10.1. The zero-order chi connectivity index (χ0) is 20.8. The summed E-state index contributed by atoms with van der Waals surface area (Å²) < 4.78 is 35.3. The van der Waals surface area contributed by atoms with Gasteiger partial charge >= 0.3 is 12.6 Å². The molecule has 3 rings (SSSR count). The number of urea groups is 1. The second kappa shape index (κ2) is 10.1. The molecule has 29 heavy (non-hydrogen) atoms. The molecule has 2 saturated heterocycles. The zero-order valence-corrected chi connectivity index (χ0v) is 16.9. The summed E-state index contributed by atoms with van der Waals surface area (Å²) in [7, 11) is 0. The number of anilines is 1. The van der Waals surface area contributed by atoms with Crippen LogP contribution >= 0.6 is 0 Å². The van der Waals surface area contributed by atoms with Gasteiger partial charge in [0.1, 0.15) is 5.75 Å². The van der Waals surface area contributed by atoms with Gasteiger partial charge in [0.05, 0.1) is 18.9 Å². The third-order valence-electron chi connectivity index (χ3n) is 5.49. The summed E-state index contributed by atoms with van der Waals surface area (Å²) in [6.07, 6.45) is 0.743. The van der Waals surface area contributed by atoms with Gasteiger partial charge in [0, 0.05) is 44.3 Å². The molecule has 0 bridgehead atoms. The van der Waals surface area contributed by atoms with Crippen molar-refractivity contribution in [1.29, 1.82) is 0 Å². The fourth-order valence-corrected chi connectivity index (χ4v) is 4.00. The largest absolute Gasteiger partial charge is 0.433 e. The Morgan fingerprint density at radius 3 is 2.90 bits per heavy atom. The minimum absolute atomic E-state index is 0.0489. The average Bonchev–Trinajstić information content (AvgIpc) is 3.14. The summed E-state index contributed by atoms with van der Waals surface area (Å²) in [6.45, 7) is 5.41. The molecule has 2 aliphatic rings. The number of ether oxygens (including phenoxy) is 2. The number of amides is 2. The van der Waals surface area contributed by atoms with Crippen LogP contribution in [0.3, 0.4) is 0 Å². The standard InChI is InChI=1S/C20H30F2N4O3/c1-14(26-9-10-28-13-15(26)2)11-23-20(27)24-16-7-8-25(12-16)17-5-3-4-6-18(17)29-19(21)22/h3-6,14-16,19H,7-13H2,1-2H3,(H2,23,24,27). The summed E-state index contributed by atoms with van der Waals surface area (Å²) in [5.41, 5.74) is 0.618. The van der Waals surface area contributed by atoms with Crippen LogP contribution in [0.25, 0.3) is 0 Å². The topological polar surface area (TPSA) is 66.1 Å². The Labute approximate surface area is 170 Å². The molecule has 2 aliphatic heterocycles. The predicted octanol–water partition coefficient (Wildman–Crippen LogP) is 2.28. The van der Waals surface area contributed by atoms with Gasteiger partial charge in [-0.15, -0.1) is 0 Å². The highest BCUT2D eigenvalue weighted by Crippen LogP contribution is 2.31. The number of hydrogen-bond donors (Lipinski definition) is 2. The fraction of sp³-hybridized carbons (Fsp3) is 0.650. The van der Waals surface area contributed by atoms with Crippen molar-refractivity contribution in [1.82, 2.24) is 15.5 Å². The third kappa shape index (κ3) is 5.93. The molecule has 7 nitrogen and oxygen atoms in total. The second-order valence-electron chi connectivity index (χ2n) is 7.64. The number of hydrogen-bond acceptors (Lipinski definition) is 5. The van der Waals surface area contributed by atoms with Crippen molar-refractivity contribution in [3.8, 4) is 5.75 Å². The Morgan fingerprint density at radius 2 is 2.14 bits per heavy atom. The summed E-state index contributed by atoms with van der Waals surface area (Å²) >= 11 is 0. The Kier molecular flexibility index (Phi) is 7.49. The summed E-state index contributed by atoms with van der Waals surface area (Å²) in [4.78, 5) is 16.6. The number of alkyl halides is 2. The lowest BCUT2D eigenvalue weighted by atomic mass is 10.2. The van der Waals surface area contributed by atoms with Crippen LogP contribution in [0, 0.1) is 0 Å². The zero-order valence-electron chi connectivity index (χ0n) is 16.9. The minimum atomic E-state index is -2.87. The van der Waals surface area contributed by atoms with Gasteiger partial charge in [0.25, 0.3) is 0 Å². The molecule has 162 valence electrons. The van der Waals surface area contributed by atoms with E-state index in [2.05, 4.69) is 34.1 Å². The number of benzene rings is 1. The van der Waals surface area contributed by atoms with Gasteiger partial charge in [0.2, 0.25) is 0 Å². The summed E-state index contributed by atoms with van der Waals surface area (Å²) in [6, 6.07) is 7.04. The lowest BCUT2D eigenvalue weighted by Crippen LogP contribution is -2.53. The van der Waals surface area contributed by atoms with Gasteiger partial charge in [-0.1, -0.05) is 12.1 Å². The molecule has 1 aromatic rings. The molecular weight excluding hydrogens is 382 g/mol. The van der Waals surface area contributed by atoms with Gasteiger partial charge in [-0.25, -0.2) is 4.79 Å². The van der Waals surface area contributed by atoms with Crippen LogP contribution in [-0.4, -0.2) is 75.1 Å². The molecule has 0 spiro atoms. The van der Waals surface area contributed by atoms with Gasteiger partial charge < -0.3 is 25.0 Å². The molecule has 2 heterocycles. The molecule has 2 fully saturated rings. The molecule has 0 aromatic heterocycles. The molecule has 9 heteroatoms. The normalized spacial score (nSPS) is 23.8. The quantitative estimate of drug-likeness (QED) is 0.719. The Morgan fingerprint density at radius 1 is 1.34 bits per heavy atom. The van der Waals surface area contributed by atoms with E-state index in [1.165, 1.54) is 6.07 Å².